The van der Waals surface area contributed by atoms with Gasteiger partial charge in [-0.15, -0.1) is 0 Å². The van der Waals surface area contributed by atoms with Crippen molar-refractivity contribution in [2.45, 2.75) is 69.5 Å². The Morgan fingerprint density at radius 1 is 0.604 bits per heavy atom. The predicted molar refractivity (Wildman–Crippen MR) is 204 cm³/mol. The topological polar surface area (TPSA) is 65.6 Å². The number of fused-ring (bicyclic) bond motifs is 8. The van der Waals surface area contributed by atoms with E-state index in [0.717, 1.165) is 76.1 Å². The molecule has 0 N–H and O–H groups in total. The van der Waals surface area contributed by atoms with Crippen LogP contribution in [0.3, 0.4) is 0 Å². The highest BCUT2D eigenvalue weighted by molar-refractivity contribution is 5.72. The SMILES string of the molecule is CC1(OC(=O)N2Cc3ccccc3C2c2ccccc2)CN2CCC1CC2.O=C(OC1CN2CCC1CC2)N1Cc2ccccc2C1c1ccccc1. The standard InChI is InChI=1S/C23H26N2O2.C22H24N2O2/c1-23(16-24-13-11-19(23)12-14-24)27-22(26)25-15-18-9-5-6-10-20(18)21(25)17-7-3-2-4-8-17;25-22(26-20-15-23-12-10-16(20)11-13-23)24-14-18-8-4-5-9-19(18)21(24)17-6-2-1-3-7-17/h2-10,19,21H,11-16H2,1H3;1-9,16,20-21H,10-15H2. The molecule has 4 bridgehead atoms. The molecule has 4 aromatic carbocycles. The fraction of sp³-hybridized carbons (Fsp3) is 0.422. The van der Waals surface area contributed by atoms with Crippen LogP contribution >= 0.6 is 0 Å². The van der Waals surface area contributed by atoms with Gasteiger partial charge in [0.2, 0.25) is 0 Å². The number of piperidine rings is 6. The van der Waals surface area contributed by atoms with Gasteiger partial charge in [-0.05, 0) is 98.1 Å². The summed E-state index contributed by atoms with van der Waals surface area (Å²) in [7, 11) is 0. The van der Waals surface area contributed by atoms with Crippen LogP contribution in [-0.2, 0) is 22.6 Å². The number of amides is 2. The highest BCUT2D eigenvalue weighted by Gasteiger charge is 2.48. The average Bonchev–Trinajstić information content (AvgIpc) is 3.80. The van der Waals surface area contributed by atoms with E-state index in [1.807, 2.05) is 58.3 Å². The van der Waals surface area contributed by atoms with Crippen LogP contribution in [0.4, 0.5) is 9.59 Å². The molecule has 53 heavy (non-hydrogen) atoms. The lowest BCUT2D eigenvalue weighted by atomic mass is 9.76. The lowest BCUT2D eigenvalue weighted by Crippen LogP contribution is -2.60. The Bertz CT molecular complexity index is 1920. The van der Waals surface area contributed by atoms with Gasteiger partial charge in [0.15, 0.2) is 0 Å². The molecule has 0 aliphatic carbocycles. The summed E-state index contributed by atoms with van der Waals surface area (Å²) in [6.45, 7) is 9.70. The summed E-state index contributed by atoms with van der Waals surface area (Å²) in [5.41, 5.74) is 6.75. The largest absolute Gasteiger partial charge is 0.444 e. The third-order valence-electron chi connectivity index (χ3n) is 12.9. The summed E-state index contributed by atoms with van der Waals surface area (Å²) < 4.78 is 12.3. The molecule has 8 heterocycles. The minimum absolute atomic E-state index is 0.0464. The Hall–Kier alpha value is -4.66. The number of nitrogens with zero attached hydrogens (tertiary/aromatic N) is 4. The fourth-order valence-electron chi connectivity index (χ4n) is 9.99. The first-order valence-corrected chi connectivity index (χ1v) is 19.6. The van der Waals surface area contributed by atoms with Crippen LogP contribution in [0.15, 0.2) is 109 Å². The molecular weight excluding hydrogens is 661 g/mol. The third-order valence-corrected chi connectivity index (χ3v) is 12.9. The van der Waals surface area contributed by atoms with Crippen molar-refractivity contribution in [2.75, 3.05) is 39.3 Å². The van der Waals surface area contributed by atoms with Crippen molar-refractivity contribution >= 4 is 12.2 Å². The monoisotopic (exact) mass is 710 g/mol. The molecule has 0 aromatic heterocycles. The number of rotatable bonds is 4. The number of carbonyl (C=O) groups excluding carboxylic acids is 2. The fourth-order valence-corrected chi connectivity index (χ4v) is 9.99. The van der Waals surface area contributed by atoms with E-state index < -0.39 is 0 Å². The van der Waals surface area contributed by atoms with Gasteiger partial charge in [0, 0.05) is 19.0 Å². The van der Waals surface area contributed by atoms with Crippen molar-refractivity contribution in [2.24, 2.45) is 11.8 Å². The summed E-state index contributed by atoms with van der Waals surface area (Å²) in [5.74, 6) is 1.01. The van der Waals surface area contributed by atoms with Crippen molar-refractivity contribution in [3.8, 4) is 0 Å². The van der Waals surface area contributed by atoms with Gasteiger partial charge in [-0.1, -0.05) is 109 Å². The number of hydrogen-bond donors (Lipinski definition) is 0. The minimum Gasteiger partial charge on any atom is -0.444 e. The molecule has 2 amide bonds. The second-order valence-corrected chi connectivity index (χ2v) is 16.1. The minimum atomic E-state index is -0.371. The molecule has 8 heteroatoms. The maximum atomic E-state index is 13.3. The molecule has 0 radical (unpaired) electrons. The lowest BCUT2D eigenvalue weighted by molar-refractivity contribution is -0.112. The zero-order valence-electron chi connectivity index (χ0n) is 30.7. The molecule has 0 saturated carbocycles. The first kappa shape index (κ1) is 34.1. The van der Waals surface area contributed by atoms with Crippen LogP contribution in [-0.4, -0.2) is 82.8 Å². The second-order valence-electron chi connectivity index (χ2n) is 16.1. The molecule has 0 spiro atoms. The van der Waals surface area contributed by atoms with E-state index in [1.165, 1.54) is 22.3 Å². The van der Waals surface area contributed by atoms with E-state index in [2.05, 4.69) is 77.4 Å². The molecule has 12 rings (SSSR count). The van der Waals surface area contributed by atoms with Gasteiger partial charge in [0.1, 0.15) is 11.7 Å². The molecule has 4 aromatic rings. The molecule has 4 unspecified atom stereocenters. The number of carbonyl (C=O) groups is 2. The number of benzene rings is 4. The molecule has 6 fully saturated rings. The Labute approximate surface area is 313 Å². The third kappa shape index (κ3) is 6.61. The van der Waals surface area contributed by atoms with E-state index in [0.29, 0.717) is 24.9 Å². The van der Waals surface area contributed by atoms with Gasteiger partial charge in [-0.3, -0.25) is 19.6 Å². The van der Waals surface area contributed by atoms with E-state index in [-0.39, 0.29) is 36.0 Å². The normalized spacial score (nSPS) is 30.5. The maximum absolute atomic E-state index is 13.3. The Balaban J connectivity index is 0.000000141. The van der Waals surface area contributed by atoms with Gasteiger partial charge < -0.3 is 9.47 Å². The number of ether oxygens (including phenoxy) is 2. The summed E-state index contributed by atoms with van der Waals surface area (Å²) in [4.78, 5) is 35.1. The summed E-state index contributed by atoms with van der Waals surface area (Å²) in [5, 5.41) is 0. The maximum Gasteiger partial charge on any atom is 0.411 e. The lowest BCUT2D eigenvalue weighted by Gasteiger charge is -2.51. The van der Waals surface area contributed by atoms with Crippen molar-refractivity contribution < 1.29 is 19.1 Å². The molecule has 6 saturated heterocycles. The predicted octanol–water partition coefficient (Wildman–Crippen LogP) is 8.03. The van der Waals surface area contributed by atoms with Gasteiger partial charge in [-0.2, -0.15) is 0 Å². The highest BCUT2D eigenvalue weighted by Crippen LogP contribution is 2.43. The van der Waals surface area contributed by atoms with Gasteiger partial charge in [-0.25, -0.2) is 9.59 Å². The summed E-state index contributed by atoms with van der Waals surface area (Å²) in [6, 6.07) is 37.1. The van der Waals surface area contributed by atoms with Crippen molar-refractivity contribution in [1.29, 1.82) is 0 Å². The van der Waals surface area contributed by atoms with Crippen molar-refractivity contribution in [1.82, 2.24) is 19.6 Å². The van der Waals surface area contributed by atoms with E-state index in [9.17, 15) is 9.59 Å². The molecule has 8 aliphatic heterocycles. The molecule has 274 valence electrons. The van der Waals surface area contributed by atoms with Gasteiger partial charge in [0.05, 0.1) is 25.2 Å². The van der Waals surface area contributed by atoms with Crippen LogP contribution in [0.25, 0.3) is 0 Å². The van der Waals surface area contributed by atoms with Crippen molar-refractivity contribution in [3.63, 3.8) is 0 Å². The average molecular weight is 711 g/mol. The Morgan fingerprint density at radius 3 is 1.58 bits per heavy atom. The van der Waals surface area contributed by atoms with Crippen LogP contribution in [0.2, 0.25) is 0 Å². The van der Waals surface area contributed by atoms with E-state index in [1.54, 1.807) is 0 Å². The van der Waals surface area contributed by atoms with Gasteiger partial charge in [0.25, 0.3) is 0 Å². The zero-order chi connectivity index (χ0) is 35.9. The van der Waals surface area contributed by atoms with Crippen LogP contribution in [0.5, 0.6) is 0 Å². The first-order valence-electron chi connectivity index (χ1n) is 19.6. The molecule has 4 atom stereocenters. The first-order chi connectivity index (χ1) is 25.9. The van der Waals surface area contributed by atoms with Crippen LogP contribution in [0.1, 0.15) is 78.1 Å². The van der Waals surface area contributed by atoms with Crippen LogP contribution in [0, 0.1) is 11.8 Å². The highest BCUT2D eigenvalue weighted by atomic mass is 16.6. The Morgan fingerprint density at radius 2 is 1.09 bits per heavy atom. The zero-order valence-corrected chi connectivity index (χ0v) is 30.7. The van der Waals surface area contributed by atoms with E-state index in [4.69, 9.17) is 9.47 Å². The molecular formula is C45H50N4O4. The van der Waals surface area contributed by atoms with E-state index >= 15 is 0 Å². The second kappa shape index (κ2) is 14.3. The summed E-state index contributed by atoms with van der Waals surface area (Å²) >= 11 is 0. The van der Waals surface area contributed by atoms with Crippen LogP contribution < -0.4 is 0 Å². The number of hydrogen-bond acceptors (Lipinski definition) is 6. The molecule has 8 nitrogen and oxygen atoms in total. The van der Waals surface area contributed by atoms with Crippen molar-refractivity contribution in [3.05, 3.63) is 143 Å². The Kier molecular flexibility index (Phi) is 9.20. The summed E-state index contributed by atoms with van der Waals surface area (Å²) in [6.07, 6.45) is 4.26. The molecule has 8 aliphatic rings. The smallest absolute Gasteiger partial charge is 0.411 e. The van der Waals surface area contributed by atoms with Gasteiger partial charge >= 0.3 is 12.2 Å². The quantitative estimate of drug-likeness (QED) is 0.214.